The molecule has 0 radical (unpaired) electrons. The van der Waals surface area contributed by atoms with Crippen LogP contribution in [0, 0.1) is 5.92 Å². The van der Waals surface area contributed by atoms with Gasteiger partial charge in [0.15, 0.2) is 5.78 Å². The lowest BCUT2D eigenvalue weighted by Crippen LogP contribution is -2.49. The minimum Gasteiger partial charge on any atom is -0.497 e. The molecule has 1 saturated heterocycles. The molecule has 1 aliphatic rings. The number of nitrogens with two attached hydrogens (primary N) is 1. The molecule has 4 aromatic rings. The van der Waals surface area contributed by atoms with Gasteiger partial charge < -0.3 is 15.8 Å². The maximum absolute atomic E-state index is 13.4. The molecule has 3 aromatic carbocycles. The summed E-state index contributed by atoms with van der Waals surface area (Å²) in [5.74, 6) is 1.32. The lowest BCUT2D eigenvalue weighted by atomic mass is 9.75. The summed E-state index contributed by atoms with van der Waals surface area (Å²) < 4.78 is 33.8. The Balaban J connectivity index is 1.30. The topological polar surface area (TPSA) is 123 Å². The van der Waals surface area contributed by atoms with Crippen molar-refractivity contribution >= 4 is 43.2 Å². The van der Waals surface area contributed by atoms with Crippen molar-refractivity contribution in [3.63, 3.8) is 0 Å². The number of piperidine rings is 1. The van der Waals surface area contributed by atoms with E-state index in [0.29, 0.717) is 11.6 Å². The second kappa shape index (κ2) is 10.7. The Morgan fingerprint density at radius 3 is 2.68 bits per heavy atom. The number of nitrogens with one attached hydrogen (secondary N) is 2. The number of fused-ring (bicyclic) bond motifs is 2. The molecule has 0 bridgehead atoms. The number of Topliss-reactive ketones (excluding diaryl/α,β-unsaturated/α-hetero) is 1. The fraction of sp³-hybridized carbons (Fsp3) is 0.310. The number of nitrogens with zero attached hydrogens (tertiary/aromatic N) is 1. The van der Waals surface area contributed by atoms with E-state index in [9.17, 15) is 13.2 Å². The molecule has 3 atom stereocenters. The maximum Gasteiger partial charge on any atom is 0.240 e. The predicted molar refractivity (Wildman–Crippen MR) is 150 cm³/mol. The summed E-state index contributed by atoms with van der Waals surface area (Å²) in [7, 11) is -2.22. The second-order valence-electron chi connectivity index (χ2n) is 9.89. The van der Waals surface area contributed by atoms with Gasteiger partial charge in [0.2, 0.25) is 10.0 Å². The highest BCUT2D eigenvalue weighted by molar-refractivity contribution is 7.89. The number of hydrogen-bond donors (Lipinski definition) is 3. The predicted octanol–water partition coefficient (Wildman–Crippen LogP) is 4.00. The van der Waals surface area contributed by atoms with Crippen LogP contribution in [0.1, 0.15) is 31.2 Å². The van der Waals surface area contributed by atoms with Gasteiger partial charge in [-0.1, -0.05) is 31.2 Å². The Bertz CT molecular complexity index is 1610. The standard InChI is InChI=1S/C29H32N4O4S/c1-18-9-12-31-28(27(18)21-4-3-20-10-13-32-29(30)25(20)17-21)26(34)11-14-33-38(35,36)24-8-6-19-5-7-23(37-2)15-22(19)16-24/h3-8,10,13,15-18,27-28,31,33H,9,11-12,14H2,1-2H3,(H2,30,32). The molecule has 198 valence electrons. The number of carbonyl (C=O) groups excluding carboxylic acids is 1. The van der Waals surface area contributed by atoms with Crippen molar-refractivity contribution in [2.75, 3.05) is 25.9 Å². The smallest absolute Gasteiger partial charge is 0.240 e. The van der Waals surface area contributed by atoms with E-state index in [-0.39, 0.29) is 35.5 Å². The van der Waals surface area contributed by atoms with Gasteiger partial charge in [0.25, 0.3) is 0 Å². The zero-order chi connectivity index (χ0) is 26.9. The number of rotatable bonds is 8. The number of sulfonamides is 1. The number of nitrogen functional groups attached to an aromatic ring is 1. The van der Waals surface area contributed by atoms with Crippen molar-refractivity contribution in [3.05, 3.63) is 72.4 Å². The Labute approximate surface area is 222 Å². The SMILES string of the molecule is COc1ccc2ccc(S(=O)(=O)NCCC(=O)C3NCCC(C)C3c3ccc4ccnc(N)c4c3)cc2c1. The largest absolute Gasteiger partial charge is 0.497 e. The van der Waals surface area contributed by atoms with E-state index in [2.05, 4.69) is 21.9 Å². The van der Waals surface area contributed by atoms with Crippen molar-refractivity contribution in [1.29, 1.82) is 0 Å². The Morgan fingerprint density at radius 2 is 1.87 bits per heavy atom. The normalized spacial score (nSPS) is 20.0. The Morgan fingerprint density at radius 1 is 1.08 bits per heavy atom. The lowest BCUT2D eigenvalue weighted by Gasteiger charge is -2.37. The molecule has 8 nitrogen and oxygen atoms in total. The molecule has 5 rings (SSSR count). The van der Waals surface area contributed by atoms with Crippen LogP contribution in [0.3, 0.4) is 0 Å². The fourth-order valence-electron chi connectivity index (χ4n) is 5.40. The van der Waals surface area contributed by atoms with E-state index in [1.54, 1.807) is 37.6 Å². The zero-order valence-electron chi connectivity index (χ0n) is 21.5. The number of pyridine rings is 1. The van der Waals surface area contributed by atoms with E-state index < -0.39 is 16.1 Å². The molecule has 3 unspecified atom stereocenters. The summed E-state index contributed by atoms with van der Waals surface area (Å²) in [5.41, 5.74) is 7.15. The molecule has 1 aliphatic heterocycles. The highest BCUT2D eigenvalue weighted by Gasteiger charge is 2.36. The number of aromatic nitrogens is 1. The first-order valence-corrected chi connectivity index (χ1v) is 14.2. The summed E-state index contributed by atoms with van der Waals surface area (Å²) in [6.07, 6.45) is 2.71. The van der Waals surface area contributed by atoms with Crippen molar-refractivity contribution in [1.82, 2.24) is 15.0 Å². The molecule has 0 amide bonds. The fourth-order valence-corrected chi connectivity index (χ4v) is 6.46. The first-order chi connectivity index (χ1) is 18.3. The third-order valence-electron chi connectivity index (χ3n) is 7.48. The molecule has 2 heterocycles. The quantitative estimate of drug-likeness (QED) is 0.313. The summed E-state index contributed by atoms with van der Waals surface area (Å²) >= 11 is 0. The van der Waals surface area contributed by atoms with Gasteiger partial charge in [0.1, 0.15) is 11.6 Å². The Kier molecular flexibility index (Phi) is 7.34. The molecule has 38 heavy (non-hydrogen) atoms. The molecular formula is C29H32N4O4S. The van der Waals surface area contributed by atoms with Crippen LogP contribution in [0.15, 0.2) is 71.8 Å². The van der Waals surface area contributed by atoms with Gasteiger partial charge in [-0.3, -0.25) is 4.79 Å². The molecule has 9 heteroatoms. The summed E-state index contributed by atoms with van der Waals surface area (Å²) in [6.45, 7) is 2.91. The van der Waals surface area contributed by atoms with Crippen LogP contribution in [0.5, 0.6) is 5.75 Å². The molecule has 0 spiro atoms. The number of methoxy groups -OCH3 is 1. The van der Waals surface area contributed by atoms with E-state index >= 15 is 0 Å². The number of hydrogen-bond acceptors (Lipinski definition) is 7. The van der Waals surface area contributed by atoms with E-state index in [0.717, 1.165) is 40.1 Å². The van der Waals surface area contributed by atoms with Gasteiger partial charge in [-0.2, -0.15) is 0 Å². The minimum absolute atomic E-state index is 0.0190. The maximum atomic E-state index is 13.4. The average molecular weight is 533 g/mol. The minimum atomic E-state index is -3.79. The van der Waals surface area contributed by atoms with Crippen molar-refractivity contribution in [2.45, 2.75) is 36.6 Å². The van der Waals surface area contributed by atoms with Gasteiger partial charge >= 0.3 is 0 Å². The van der Waals surface area contributed by atoms with Crippen LogP contribution in [0.25, 0.3) is 21.5 Å². The Hall–Kier alpha value is -3.53. The third-order valence-corrected chi connectivity index (χ3v) is 8.94. The van der Waals surface area contributed by atoms with Crippen LogP contribution < -0.4 is 20.5 Å². The molecule has 0 aliphatic carbocycles. The van der Waals surface area contributed by atoms with E-state index in [4.69, 9.17) is 10.5 Å². The van der Waals surface area contributed by atoms with Gasteiger partial charge in [-0.15, -0.1) is 0 Å². The molecule has 4 N–H and O–H groups in total. The number of benzene rings is 3. The van der Waals surface area contributed by atoms with Crippen molar-refractivity contribution < 1.29 is 17.9 Å². The highest BCUT2D eigenvalue weighted by Crippen LogP contribution is 2.36. The summed E-state index contributed by atoms with van der Waals surface area (Å²) in [4.78, 5) is 17.7. The van der Waals surface area contributed by atoms with Crippen LogP contribution >= 0.6 is 0 Å². The lowest BCUT2D eigenvalue weighted by molar-refractivity contribution is -0.122. The van der Waals surface area contributed by atoms with Gasteiger partial charge in [0.05, 0.1) is 18.0 Å². The number of carbonyl (C=O) groups is 1. The third kappa shape index (κ3) is 5.22. The monoisotopic (exact) mass is 532 g/mol. The molecule has 1 fully saturated rings. The van der Waals surface area contributed by atoms with Crippen molar-refractivity contribution in [3.8, 4) is 5.75 Å². The van der Waals surface area contributed by atoms with Gasteiger partial charge in [-0.05, 0) is 77.0 Å². The second-order valence-corrected chi connectivity index (χ2v) is 11.7. The van der Waals surface area contributed by atoms with Gasteiger partial charge in [0, 0.05) is 30.5 Å². The van der Waals surface area contributed by atoms with Crippen LogP contribution in [0.4, 0.5) is 5.82 Å². The molecule has 0 saturated carbocycles. The van der Waals surface area contributed by atoms with E-state index in [1.165, 1.54) is 0 Å². The van der Waals surface area contributed by atoms with Gasteiger partial charge in [-0.25, -0.2) is 18.1 Å². The first kappa shape index (κ1) is 26.1. The summed E-state index contributed by atoms with van der Waals surface area (Å²) in [5, 5.41) is 6.93. The molecular weight excluding hydrogens is 500 g/mol. The van der Waals surface area contributed by atoms with Crippen molar-refractivity contribution in [2.24, 2.45) is 5.92 Å². The number of ether oxygens (including phenoxy) is 1. The average Bonchev–Trinajstić information content (AvgIpc) is 2.92. The molecule has 1 aromatic heterocycles. The van der Waals surface area contributed by atoms with E-state index in [1.807, 2.05) is 36.4 Å². The highest BCUT2D eigenvalue weighted by atomic mass is 32.2. The first-order valence-electron chi connectivity index (χ1n) is 12.7. The zero-order valence-corrected chi connectivity index (χ0v) is 22.3. The van der Waals surface area contributed by atoms with Crippen LogP contribution in [-0.2, 0) is 14.8 Å². The van der Waals surface area contributed by atoms with Crippen LogP contribution in [-0.4, -0.2) is 45.4 Å². The number of ketones is 1. The summed E-state index contributed by atoms with van der Waals surface area (Å²) in [6, 6.07) is 18.1. The number of anilines is 1. The van der Waals surface area contributed by atoms with Crippen LogP contribution in [0.2, 0.25) is 0 Å².